The van der Waals surface area contributed by atoms with Crippen LogP contribution in [-0.4, -0.2) is 15.7 Å². The Bertz CT molecular complexity index is 910. The first kappa shape index (κ1) is 18.3. The van der Waals surface area contributed by atoms with Crippen LogP contribution in [-0.2, 0) is 24.8 Å². The van der Waals surface area contributed by atoms with Crippen molar-refractivity contribution in [2.45, 2.75) is 33.2 Å². The number of carbonyl (C=O) groups excluding carboxylic acids is 1. The van der Waals surface area contributed by atoms with Gasteiger partial charge < -0.3 is 9.73 Å². The molecule has 6 heteroatoms. The first-order valence-corrected chi connectivity index (χ1v) is 8.92. The van der Waals surface area contributed by atoms with Crippen molar-refractivity contribution in [1.82, 2.24) is 15.1 Å². The van der Waals surface area contributed by atoms with Gasteiger partial charge in [0.2, 0.25) is 5.91 Å². The molecule has 0 spiro atoms. The Morgan fingerprint density at radius 3 is 2.58 bits per heavy atom. The summed E-state index contributed by atoms with van der Waals surface area (Å²) in [5, 5.41) is 7.98. The second kappa shape index (κ2) is 7.79. The zero-order chi connectivity index (χ0) is 18.7. The van der Waals surface area contributed by atoms with Gasteiger partial charge >= 0.3 is 0 Å². The first-order valence-electron chi connectivity index (χ1n) is 8.54. The zero-order valence-corrected chi connectivity index (χ0v) is 15.9. The largest absolute Gasteiger partial charge is 0.459 e. The molecule has 5 nitrogen and oxygen atoms in total. The Morgan fingerprint density at radius 1 is 1.19 bits per heavy atom. The fraction of sp³-hybridized carbons (Fsp3) is 0.300. The van der Waals surface area contributed by atoms with E-state index in [1.165, 1.54) is 0 Å². The van der Waals surface area contributed by atoms with E-state index in [0.29, 0.717) is 24.4 Å². The molecule has 0 radical (unpaired) electrons. The molecule has 0 saturated carbocycles. The molecule has 0 aliphatic carbocycles. The molecular formula is C20H22ClN3O2. The van der Waals surface area contributed by atoms with E-state index in [9.17, 15) is 4.79 Å². The summed E-state index contributed by atoms with van der Waals surface area (Å²) >= 11 is 5.90. The lowest BCUT2D eigenvalue weighted by molar-refractivity contribution is -0.121. The van der Waals surface area contributed by atoms with Crippen LogP contribution in [0, 0.1) is 13.8 Å². The van der Waals surface area contributed by atoms with E-state index in [1.54, 1.807) is 0 Å². The molecule has 2 heterocycles. The Kier molecular flexibility index (Phi) is 5.47. The van der Waals surface area contributed by atoms with Gasteiger partial charge in [0.25, 0.3) is 0 Å². The smallest absolute Gasteiger partial charge is 0.220 e. The molecule has 0 fully saturated rings. The minimum absolute atomic E-state index is 0.00269. The maximum atomic E-state index is 12.1. The third-order valence-corrected chi connectivity index (χ3v) is 4.76. The van der Waals surface area contributed by atoms with Crippen LogP contribution in [0.3, 0.4) is 0 Å². The zero-order valence-electron chi connectivity index (χ0n) is 15.2. The molecule has 3 rings (SSSR count). The van der Waals surface area contributed by atoms with Crippen molar-refractivity contribution < 1.29 is 9.21 Å². The number of aromatic nitrogens is 2. The van der Waals surface area contributed by atoms with Crippen molar-refractivity contribution in [1.29, 1.82) is 0 Å². The molecule has 1 amide bonds. The molecular weight excluding hydrogens is 350 g/mol. The molecule has 0 unspecified atom stereocenters. The van der Waals surface area contributed by atoms with Crippen LogP contribution in [0.1, 0.15) is 29.1 Å². The number of hydrogen-bond acceptors (Lipinski definition) is 3. The number of nitrogens with one attached hydrogen (secondary N) is 1. The number of halogens is 1. The maximum absolute atomic E-state index is 12.1. The molecule has 26 heavy (non-hydrogen) atoms. The van der Waals surface area contributed by atoms with Crippen molar-refractivity contribution in [3.63, 3.8) is 0 Å². The van der Waals surface area contributed by atoms with Gasteiger partial charge in [-0.1, -0.05) is 11.6 Å². The predicted molar refractivity (Wildman–Crippen MR) is 102 cm³/mol. The van der Waals surface area contributed by atoms with Gasteiger partial charge in [-0.05, 0) is 62.2 Å². The van der Waals surface area contributed by atoms with E-state index in [2.05, 4.69) is 10.4 Å². The highest BCUT2D eigenvalue weighted by Gasteiger charge is 2.12. The standard InChI is InChI=1S/C20H22ClN3O2/c1-13-18(14(2)24(3)23-13)9-11-20(25)22-12-17-8-10-19(26-17)15-4-6-16(21)7-5-15/h4-8,10H,9,11-12H2,1-3H3,(H,22,25). The third-order valence-electron chi connectivity index (χ3n) is 4.51. The number of benzene rings is 1. The summed E-state index contributed by atoms with van der Waals surface area (Å²) in [6, 6.07) is 11.2. The summed E-state index contributed by atoms with van der Waals surface area (Å²) < 4.78 is 7.64. The van der Waals surface area contributed by atoms with Gasteiger partial charge in [0, 0.05) is 29.7 Å². The van der Waals surface area contributed by atoms with Crippen molar-refractivity contribution in [2.75, 3.05) is 0 Å². The SMILES string of the molecule is Cc1nn(C)c(C)c1CCC(=O)NCc1ccc(-c2ccc(Cl)cc2)o1. The lowest BCUT2D eigenvalue weighted by Gasteiger charge is -2.04. The summed E-state index contributed by atoms with van der Waals surface area (Å²) in [5.74, 6) is 1.47. The summed E-state index contributed by atoms with van der Waals surface area (Å²) in [6.45, 7) is 4.37. The van der Waals surface area contributed by atoms with Crippen LogP contribution in [0.4, 0.5) is 0 Å². The molecule has 0 saturated heterocycles. The number of carbonyl (C=O) groups is 1. The number of rotatable bonds is 6. The van der Waals surface area contributed by atoms with E-state index < -0.39 is 0 Å². The highest BCUT2D eigenvalue weighted by atomic mass is 35.5. The first-order chi connectivity index (χ1) is 12.4. The van der Waals surface area contributed by atoms with Gasteiger partial charge in [0.1, 0.15) is 11.5 Å². The van der Waals surface area contributed by atoms with Crippen LogP contribution in [0.5, 0.6) is 0 Å². The fourth-order valence-electron chi connectivity index (χ4n) is 2.93. The molecule has 0 bridgehead atoms. The van der Waals surface area contributed by atoms with Gasteiger partial charge in [-0.2, -0.15) is 5.10 Å². The summed E-state index contributed by atoms with van der Waals surface area (Å²) in [7, 11) is 1.92. The Balaban J connectivity index is 1.52. The van der Waals surface area contributed by atoms with Gasteiger partial charge in [0.05, 0.1) is 12.2 Å². The van der Waals surface area contributed by atoms with Crippen LogP contribution >= 0.6 is 11.6 Å². The molecule has 0 aliphatic heterocycles. The van der Waals surface area contributed by atoms with Gasteiger partial charge in [-0.25, -0.2) is 0 Å². The molecule has 1 aromatic carbocycles. The molecule has 3 aromatic rings. The summed E-state index contributed by atoms with van der Waals surface area (Å²) in [5.41, 5.74) is 4.19. The van der Waals surface area contributed by atoms with Crippen molar-refractivity contribution in [3.8, 4) is 11.3 Å². The van der Waals surface area contributed by atoms with E-state index in [4.69, 9.17) is 16.0 Å². The summed E-state index contributed by atoms with van der Waals surface area (Å²) in [4.78, 5) is 12.1. The summed E-state index contributed by atoms with van der Waals surface area (Å²) in [6.07, 6.45) is 1.11. The lowest BCUT2D eigenvalue weighted by atomic mass is 10.1. The monoisotopic (exact) mass is 371 g/mol. The van der Waals surface area contributed by atoms with Crippen LogP contribution in [0.2, 0.25) is 5.02 Å². The van der Waals surface area contributed by atoms with Crippen molar-refractivity contribution >= 4 is 17.5 Å². The van der Waals surface area contributed by atoms with Crippen LogP contribution in [0.25, 0.3) is 11.3 Å². The van der Waals surface area contributed by atoms with Crippen molar-refractivity contribution in [3.05, 3.63) is 64.1 Å². The van der Waals surface area contributed by atoms with Crippen molar-refractivity contribution in [2.24, 2.45) is 7.05 Å². The number of aryl methyl sites for hydroxylation is 2. The van der Waals surface area contributed by atoms with E-state index in [1.807, 2.05) is 62.0 Å². The average Bonchev–Trinajstić information content (AvgIpc) is 3.18. The molecule has 1 N–H and O–H groups in total. The van der Waals surface area contributed by atoms with Crippen LogP contribution < -0.4 is 5.32 Å². The molecule has 0 aliphatic rings. The van der Waals surface area contributed by atoms with Gasteiger partial charge in [-0.15, -0.1) is 0 Å². The number of furan rings is 1. The predicted octanol–water partition coefficient (Wildman–Crippen LogP) is 4.20. The Morgan fingerprint density at radius 2 is 1.92 bits per heavy atom. The molecule has 0 atom stereocenters. The number of hydrogen-bond donors (Lipinski definition) is 1. The lowest BCUT2D eigenvalue weighted by Crippen LogP contribution is -2.22. The maximum Gasteiger partial charge on any atom is 0.220 e. The minimum Gasteiger partial charge on any atom is -0.459 e. The Labute approximate surface area is 158 Å². The minimum atomic E-state index is -0.00269. The van der Waals surface area contributed by atoms with Crippen LogP contribution in [0.15, 0.2) is 40.8 Å². The quantitative estimate of drug-likeness (QED) is 0.706. The molecule has 136 valence electrons. The second-order valence-electron chi connectivity index (χ2n) is 6.32. The van der Waals surface area contributed by atoms with E-state index in [0.717, 1.165) is 34.0 Å². The normalized spacial score (nSPS) is 10.9. The third kappa shape index (κ3) is 4.17. The average molecular weight is 372 g/mol. The van der Waals surface area contributed by atoms with Gasteiger partial charge in [0.15, 0.2) is 0 Å². The highest BCUT2D eigenvalue weighted by molar-refractivity contribution is 6.30. The number of nitrogens with zero attached hydrogens (tertiary/aromatic N) is 2. The topological polar surface area (TPSA) is 60.1 Å². The van der Waals surface area contributed by atoms with E-state index in [-0.39, 0.29) is 5.91 Å². The second-order valence-corrected chi connectivity index (χ2v) is 6.76. The highest BCUT2D eigenvalue weighted by Crippen LogP contribution is 2.23. The van der Waals surface area contributed by atoms with E-state index >= 15 is 0 Å². The number of amides is 1. The fourth-order valence-corrected chi connectivity index (χ4v) is 3.06. The molecule has 2 aromatic heterocycles. The van der Waals surface area contributed by atoms with Gasteiger partial charge in [-0.3, -0.25) is 9.48 Å². The Hall–Kier alpha value is -2.53.